The summed E-state index contributed by atoms with van der Waals surface area (Å²) < 4.78 is 47.1. The van der Waals surface area contributed by atoms with Crippen LogP contribution < -0.4 is 10.6 Å². The molecule has 1 aromatic carbocycles. The molecule has 29 heavy (non-hydrogen) atoms. The highest BCUT2D eigenvalue weighted by atomic mass is 19.4. The van der Waals surface area contributed by atoms with Gasteiger partial charge < -0.3 is 15.1 Å². The molecule has 0 aliphatic carbocycles. The van der Waals surface area contributed by atoms with Gasteiger partial charge in [-0.25, -0.2) is 4.68 Å². The Balaban J connectivity index is 1.64. The SMILES string of the molecule is Cc1cc(C)cc(NC(=O)c2cc3n(n2)[C@H](C(F)(F)F)C[C@@H](c2ccco2)N3)c1. The maximum atomic E-state index is 13.7. The summed E-state index contributed by atoms with van der Waals surface area (Å²) in [5.74, 6) is -0.0624. The minimum Gasteiger partial charge on any atom is -0.467 e. The lowest BCUT2D eigenvalue weighted by Crippen LogP contribution is -2.35. The number of carbonyl (C=O) groups is 1. The number of anilines is 2. The lowest BCUT2D eigenvalue weighted by atomic mass is 10.0. The number of fused-ring (bicyclic) bond motifs is 1. The molecular formula is C20H19F3N4O2. The van der Waals surface area contributed by atoms with E-state index in [9.17, 15) is 18.0 Å². The fraction of sp³-hybridized carbons (Fsp3) is 0.300. The van der Waals surface area contributed by atoms with Gasteiger partial charge in [-0.2, -0.15) is 18.3 Å². The number of rotatable bonds is 3. The highest BCUT2D eigenvalue weighted by molar-refractivity contribution is 6.03. The Labute approximate surface area is 164 Å². The van der Waals surface area contributed by atoms with E-state index in [1.807, 2.05) is 19.9 Å². The van der Waals surface area contributed by atoms with Crippen molar-refractivity contribution in [2.75, 3.05) is 10.6 Å². The molecule has 9 heteroatoms. The van der Waals surface area contributed by atoms with Crippen molar-refractivity contribution in [1.82, 2.24) is 9.78 Å². The molecule has 2 atom stereocenters. The van der Waals surface area contributed by atoms with Gasteiger partial charge >= 0.3 is 6.18 Å². The number of carbonyl (C=O) groups excluding carboxylic acids is 1. The summed E-state index contributed by atoms with van der Waals surface area (Å²) in [4.78, 5) is 12.6. The minimum absolute atomic E-state index is 0.0963. The summed E-state index contributed by atoms with van der Waals surface area (Å²) >= 11 is 0. The number of furan rings is 1. The smallest absolute Gasteiger partial charge is 0.410 e. The molecule has 6 nitrogen and oxygen atoms in total. The maximum absolute atomic E-state index is 13.7. The van der Waals surface area contributed by atoms with E-state index in [0.29, 0.717) is 11.4 Å². The van der Waals surface area contributed by atoms with Gasteiger partial charge in [0.25, 0.3) is 5.91 Å². The van der Waals surface area contributed by atoms with Crippen molar-refractivity contribution < 1.29 is 22.4 Å². The van der Waals surface area contributed by atoms with Crippen LogP contribution in [-0.2, 0) is 0 Å². The highest BCUT2D eigenvalue weighted by Gasteiger charge is 2.47. The largest absolute Gasteiger partial charge is 0.467 e. The Morgan fingerprint density at radius 2 is 1.97 bits per heavy atom. The van der Waals surface area contributed by atoms with E-state index in [0.717, 1.165) is 15.8 Å². The van der Waals surface area contributed by atoms with E-state index in [1.54, 1.807) is 24.3 Å². The number of hydrogen-bond acceptors (Lipinski definition) is 4. The average molecular weight is 404 g/mol. The van der Waals surface area contributed by atoms with Gasteiger partial charge in [0.15, 0.2) is 11.7 Å². The van der Waals surface area contributed by atoms with E-state index in [1.165, 1.54) is 12.3 Å². The van der Waals surface area contributed by atoms with Crippen LogP contribution in [0.4, 0.5) is 24.7 Å². The first-order valence-corrected chi connectivity index (χ1v) is 9.06. The van der Waals surface area contributed by atoms with E-state index in [2.05, 4.69) is 15.7 Å². The van der Waals surface area contributed by atoms with E-state index in [-0.39, 0.29) is 17.9 Å². The first-order valence-electron chi connectivity index (χ1n) is 9.06. The number of aromatic nitrogens is 2. The highest BCUT2D eigenvalue weighted by Crippen LogP contribution is 2.43. The number of alkyl halides is 3. The number of nitrogens with zero attached hydrogens (tertiary/aromatic N) is 2. The molecule has 152 valence electrons. The van der Waals surface area contributed by atoms with Crippen LogP contribution >= 0.6 is 0 Å². The maximum Gasteiger partial charge on any atom is 0.410 e. The van der Waals surface area contributed by atoms with Gasteiger partial charge in [0.05, 0.1) is 12.3 Å². The summed E-state index contributed by atoms with van der Waals surface area (Å²) in [7, 11) is 0. The second-order valence-electron chi connectivity index (χ2n) is 7.20. The quantitative estimate of drug-likeness (QED) is 0.644. The fourth-order valence-electron chi connectivity index (χ4n) is 3.60. The molecule has 1 amide bonds. The molecule has 1 aliphatic heterocycles. The molecule has 0 fully saturated rings. The summed E-state index contributed by atoms with van der Waals surface area (Å²) in [6.45, 7) is 3.79. The first-order chi connectivity index (χ1) is 13.7. The van der Waals surface area contributed by atoms with Crippen molar-refractivity contribution in [3.05, 3.63) is 65.2 Å². The molecule has 3 aromatic rings. The molecule has 0 radical (unpaired) electrons. The van der Waals surface area contributed by atoms with Gasteiger partial charge in [-0.1, -0.05) is 6.07 Å². The van der Waals surface area contributed by atoms with Crippen LogP contribution in [0, 0.1) is 13.8 Å². The molecule has 0 saturated carbocycles. The van der Waals surface area contributed by atoms with Crippen LogP contribution in [0.15, 0.2) is 47.1 Å². The molecule has 2 aromatic heterocycles. The number of hydrogen-bond donors (Lipinski definition) is 2. The van der Waals surface area contributed by atoms with Crippen molar-refractivity contribution in [3.8, 4) is 0 Å². The predicted molar refractivity (Wildman–Crippen MR) is 101 cm³/mol. The standard InChI is InChI=1S/C20H19F3N4O2/c1-11-6-12(2)8-13(7-11)24-19(28)15-10-18-25-14(16-4-3-5-29-16)9-17(20(21,22)23)27(18)26-15/h3-8,10,14,17,25H,9H2,1-2H3,(H,24,28)/t14-,17-/m0/s1. The van der Waals surface area contributed by atoms with Crippen LogP contribution in [0.5, 0.6) is 0 Å². The number of nitrogens with one attached hydrogen (secondary N) is 2. The van der Waals surface area contributed by atoms with Gasteiger partial charge in [0.2, 0.25) is 0 Å². The molecule has 4 rings (SSSR count). The molecule has 0 spiro atoms. The summed E-state index contributed by atoms with van der Waals surface area (Å²) in [6.07, 6.45) is -3.40. The summed E-state index contributed by atoms with van der Waals surface area (Å²) in [6, 6.07) is 7.55. The van der Waals surface area contributed by atoms with Gasteiger partial charge in [0, 0.05) is 18.2 Å². The molecule has 3 heterocycles. The van der Waals surface area contributed by atoms with Crippen LogP contribution in [0.25, 0.3) is 0 Å². The number of aryl methyl sites for hydroxylation is 2. The Hall–Kier alpha value is -3.23. The molecule has 1 aliphatic rings. The number of benzene rings is 1. The molecule has 0 bridgehead atoms. The summed E-state index contributed by atoms with van der Waals surface area (Å²) in [5, 5.41) is 9.63. The van der Waals surface area contributed by atoms with Gasteiger partial charge in [-0.05, 0) is 49.2 Å². The van der Waals surface area contributed by atoms with Crippen molar-refractivity contribution in [2.45, 2.75) is 38.5 Å². The second kappa shape index (κ2) is 6.98. The monoisotopic (exact) mass is 404 g/mol. The van der Waals surface area contributed by atoms with E-state index < -0.39 is 24.2 Å². The Bertz CT molecular complexity index is 1020. The average Bonchev–Trinajstić information content (AvgIpc) is 3.28. The lowest BCUT2D eigenvalue weighted by molar-refractivity contribution is -0.174. The van der Waals surface area contributed by atoms with Crippen LogP contribution in [0.2, 0.25) is 0 Å². The third kappa shape index (κ3) is 3.85. The van der Waals surface area contributed by atoms with Gasteiger partial charge in [-0.15, -0.1) is 0 Å². The van der Waals surface area contributed by atoms with E-state index >= 15 is 0 Å². The summed E-state index contributed by atoms with van der Waals surface area (Å²) in [5.41, 5.74) is 2.39. The van der Waals surface area contributed by atoms with Crippen molar-refractivity contribution in [1.29, 1.82) is 0 Å². The van der Waals surface area contributed by atoms with Crippen LogP contribution in [0.3, 0.4) is 0 Å². The zero-order chi connectivity index (χ0) is 20.8. The topological polar surface area (TPSA) is 72.1 Å². The fourth-order valence-corrected chi connectivity index (χ4v) is 3.60. The predicted octanol–water partition coefficient (Wildman–Crippen LogP) is 5.01. The Kier molecular flexibility index (Phi) is 4.60. The van der Waals surface area contributed by atoms with Crippen LogP contribution in [-0.4, -0.2) is 21.9 Å². The molecular weight excluding hydrogens is 385 g/mol. The first kappa shape index (κ1) is 19.1. The zero-order valence-electron chi connectivity index (χ0n) is 15.7. The van der Waals surface area contributed by atoms with Crippen molar-refractivity contribution >= 4 is 17.4 Å². The Morgan fingerprint density at radius 3 is 2.59 bits per heavy atom. The molecule has 2 N–H and O–H groups in total. The lowest BCUT2D eigenvalue weighted by Gasteiger charge is -2.32. The molecule has 0 unspecified atom stereocenters. The third-order valence-electron chi connectivity index (χ3n) is 4.79. The van der Waals surface area contributed by atoms with Gasteiger partial charge in [-0.3, -0.25) is 4.79 Å². The van der Waals surface area contributed by atoms with Crippen molar-refractivity contribution in [3.63, 3.8) is 0 Å². The van der Waals surface area contributed by atoms with Crippen LogP contribution in [0.1, 0.15) is 45.9 Å². The minimum atomic E-state index is -4.52. The second-order valence-corrected chi connectivity index (χ2v) is 7.20. The van der Waals surface area contributed by atoms with Crippen molar-refractivity contribution in [2.24, 2.45) is 0 Å². The molecule has 0 saturated heterocycles. The number of amides is 1. The zero-order valence-corrected chi connectivity index (χ0v) is 15.7. The third-order valence-corrected chi connectivity index (χ3v) is 4.79. The normalized spacial score (nSPS) is 18.8. The number of halogens is 3. The van der Waals surface area contributed by atoms with Gasteiger partial charge in [0.1, 0.15) is 11.6 Å². The Morgan fingerprint density at radius 1 is 1.24 bits per heavy atom. The van der Waals surface area contributed by atoms with E-state index in [4.69, 9.17) is 4.42 Å².